The molecular formula is C22H26N6. The Kier molecular flexibility index (Phi) is 5.37. The molecule has 1 fully saturated rings. The van der Waals surface area contributed by atoms with Gasteiger partial charge in [-0.1, -0.05) is 31.2 Å². The topological polar surface area (TPSA) is 57.2 Å². The fourth-order valence-corrected chi connectivity index (χ4v) is 3.55. The van der Waals surface area contributed by atoms with Crippen LogP contribution in [0.2, 0.25) is 0 Å². The third-order valence-corrected chi connectivity index (χ3v) is 5.06. The Morgan fingerprint density at radius 1 is 0.893 bits per heavy atom. The normalized spacial score (nSPS) is 14.2. The van der Waals surface area contributed by atoms with E-state index in [0.717, 1.165) is 55.6 Å². The predicted molar refractivity (Wildman–Crippen MR) is 115 cm³/mol. The maximum atomic E-state index is 4.80. The molecule has 144 valence electrons. The van der Waals surface area contributed by atoms with Crippen molar-refractivity contribution in [3.05, 3.63) is 66.0 Å². The third kappa shape index (κ3) is 4.06. The van der Waals surface area contributed by atoms with Gasteiger partial charge in [-0.3, -0.25) is 0 Å². The molecule has 6 heteroatoms. The molecule has 28 heavy (non-hydrogen) atoms. The Morgan fingerprint density at radius 3 is 2.32 bits per heavy atom. The molecular weight excluding hydrogens is 348 g/mol. The van der Waals surface area contributed by atoms with Crippen molar-refractivity contribution in [2.24, 2.45) is 0 Å². The molecule has 2 aromatic heterocycles. The van der Waals surface area contributed by atoms with Crippen LogP contribution in [0.4, 0.5) is 23.3 Å². The van der Waals surface area contributed by atoms with E-state index in [0.29, 0.717) is 5.95 Å². The molecule has 0 atom stereocenters. The number of anilines is 4. The third-order valence-electron chi connectivity index (χ3n) is 5.06. The molecule has 0 unspecified atom stereocenters. The van der Waals surface area contributed by atoms with Crippen LogP contribution in [0.15, 0.2) is 54.7 Å². The minimum Gasteiger partial charge on any atom is -0.353 e. The fraction of sp³-hybridized carbons (Fsp3) is 0.318. The Bertz CT molecular complexity index is 919. The molecule has 0 radical (unpaired) electrons. The summed E-state index contributed by atoms with van der Waals surface area (Å²) >= 11 is 0. The number of aromatic nitrogens is 3. The monoisotopic (exact) mass is 374 g/mol. The number of nitrogens with zero attached hydrogens (tertiary/aromatic N) is 5. The number of nitrogens with one attached hydrogen (secondary N) is 1. The van der Waals surface area contributed by atoms with Crippen molar-refractivity contribution < 1.29 is 0 Å². The number of hydrogen-bond donors (Lipinski definition) is 1. The first kappa shape index (κ1) is 18.2. The Labute approximate surface area is 166 Å². The average molecular weight is 374 g/mol. The van der Waals surface area contributed by atoms with Gasteiger partial charge in [0.2, 0.25) is 5.95 Å². The highest BCUT2D eigenvalue weighted by Gasteiger charge is 2.20. The fourth-order valence-electron chi connectivity index (χ4n) is 3.55. The highest BCUT2D eigenvalue weighted by atomic mass is 15.3. The molecule has 4 rings (SSSR count). The summed E-state index contributed by atoms with van der Waals surface area (Å²) in [6, 6.07) is 16.4. The van der Waals surface area contributed by atoms with E-state index in [1.165, 1.54) is 5.56 Å². The zero-order chi connectivity index (χ0) is 19.3. The van der Waals surface area contributed by atoms with Crippen LogP contribution in [-0.4, -0.2) is 41.1 Å². The second kappa shape index (κ2) is 8.25. The molecule has 0 spiro atoms. The van der Waals surface area contributed by atoms with Gasteiger partial charge in [-0.25, -0.2) is 9.97 Å². The molecule has 1 aliphatic rings. The van der Waals surface area contributed by atoms with Gasteiger partial charge in [-0.15, -0.1) is 0 Å². The lowest BCUT2D eigenvalue weighted by atomic mass is 10.1. The van der Waals surface area contributed by atoms with Crippen molar-refractivity contribution in [1.82, 2.24) is 15.0 Å². The van der Waals surface area contributed by atoms with E-state index < -0.39 is 0 Å². The highest BCUT2D eigenvalue weighted by molar-refractivity contribution is 5.60. The highest BCUT2D eigenvalue weighted by Crippen LogP contribution is 2.23. The molecule has 1 saturated heterocycles. The number of hydrogen-bond acceptors (Lipinski definition) is 6. The Morgan fingerprint density at radius 2 is 1.61 bits per heavy atom. The van der Waals surface area contributed by atoms with E-state index in [-0.39, 0.29) is 0 Å². The van der Waals surface area contributed by atoms with Gasteiger partial charge in [0, 0.05) is 49.8 Å². The Hall–Kier alpha value is -3.15. The van der Waals surface area contributed by atoms with Crippen LogP contribution in [0.5, 0.6) is 0 Å². The van der Waals surface area contributed by atoms with Crippen molar-refractivity contribution in [3.8, 4) is 0 Å². The Balaban J connectivity index is 1.49. The zero-order valence-electron chi connectivity index (χ0n) is 16.5. The summed E-state index contributed by atoms with van der Waals surface area (Å²) in [5.41, 5.74) is 3.30. The minimum atomic E-state index is 0.656. The molecule has 1 aliphatic heterocycles. The summed E-state index contributed by atoms with van der Waals surface area (Å²) in [5.74, 6) is 2.67. The molecule has 0 aliphatic carbocycles. The van der Waals surface area contributed by atoms with E-state index in [9.17, 15) is 0 Å². The van der Waals surface area contributed by atoms with Gasteiger partial charge < -0.3 is 15.1 Å². The lowest BCUT2D eigenvalue weighted by molar-refractivity contribution is 0.641. The first-order valence-electron chi connectivity index (χ1n) is 9.84. The van der Waals surface area contributed by atoms with Crippen LogP contribution in [0.3, 0.4) is 0 Å². The van der Waals surface area contributed by atoms with Crippen LogP contribution in [0.25, 0.3) is 0 Å². The van der Waals surface area contributed by atoms with Gasteiger partial charge in [0.05, 0.1) is 0 Å². The number of para-hydroxylation sites is 1. The molecule has 3 heterocycles. The second-order valence-electron chi connectivity index (χ2n) is 6.99. The van der Waals surface area contributed by atoms with Gasteiger partial charge >= 0.3 is 0 Å². The number of aryl methyl sites for hydroxylation is 2. The summed E-state index contributed by atoms with van der Waals surface area (Å²) in [7, 11) is 0. The lowest BCUT2D eigenvalue weighted by Gasteiger charge is -2.36. The number of benzene rings is 1. The summed E-state index contributed by atoms with van der Waals surface area (Å²) in [5, 5.41) is 3.41. The number of pyridine rings is 1. The van der Waals surface area contributed by atoms with E-state index in [4.69, 9.17) is 4.98 Å². The largest absolute Gasteiger partial charge is 0.353 e. The molecule has 0 saturated carbocycles. The van der Waals surface area contributed by atoms with Crippen LogP contribution < -0.4 is 15.1 Å². The predicted octanol–water partition coefficient (Wildman–Crippen LogP) is 3.81. The number of rotatable bonds is 5. The first-order valence-corrected chi connectivity index (χ1v) is 9.84. The maximum absolute atomic E-state index is 4.80. The molecule has 0 bridgehead atoms. The molecule has 3 aromatic rings. The van der Waals surface area contributed by atoms with Crippen molar-refractivity contribution >= 4 is 23.3 Å². The molecule has 1 aromatic carbocycles. The van der Waals surface area contributed by atoms with E-state index in [1.54, 1.807) is 0 Å². The van der Waals surface area contributed by atoms with E-state index >= 15 is 0 Å². The van der Waals surface area contributed by atoms with Crippen LogP contribution in [0.1, 0.15) is 18.2 Å². The smallest absolute Gasteiger partial charge is 0.229 e. The molecule has 0 amide bonds. The average Bonchev–Trinajstić information content (AvgIpc) is 2.74. The van der Waals surface area contributed by atoms with E-state index in [2.05, 4.69) is 62.3 Å². The van der Waals surface area contributed by atoms with Crippen LogP contribution in [0, 0.1) is 6.92 Å². The summed E-state index contributed by atoms with van der Waals surface area (Å²) in [4.78, 5) is 18.5. The lowest BCUT2D eigenvalue weighted by Crippen LogP contribution is -2.47. The standard InChI is InChI=1S/C22H26N6/c1-3-18-8-4-5-9-19(18)25-22-24-17(2)16-21(26-22)28-14-12-27(13-15-28)20-10-6-7-11-23-20/h4-11,16H,3,12-15H2,1-2H3,(H,24,25,26). The van der Waals surface area contributed by atoms with Gasteiger partial charge in [0.15, 0.2) is 0 Å². The van der Waals surface area contributed by atoms with Gasteiger partial charge in [-0.05, 0) is 37.1 Å². The van der Waals surface area contributed by atoms with E-state index in [1.807, 2.05) is 31.3 Å². The number of piperazine rings is 1. The second-order valence-corrected chi connectivity index (χ2v) is 6.99. The zero-order valence-corrected chi connectivity index (χ0v) is 16.5. The van der Waals surface area contributed by atoms with Crippen molar-refractivity contribution in [2.75, 3.05) is 41.3 Å². The summed E-state index contributed by atoms with van der Waals surface area (Å²) < 4.78 is 0. The minimum absolute atomic E-state index is 0.656. The molecule has 6 nitrogen and oxygen atoms in total. The van der Waals surface area contributed by atoms with Gasteiger partial charge in [-0.2, -0.15) is 4.98 Å². The first-order chi connectivity index (χ1) is 13.7. The summed E-state index contributed by atoms with van der Waals surface area (Å²) in [6.07, 6.45) is 2.82. The quantitative estimate of drug-likeness (QED) is 0.733. The SMILES string of the molecule is CCc1ccccc1Nc1nc(C)cc(N2CCN(c3ccccn3)CC2)n1. The van der Waals surface area contributed by atoms with Crippen molar-refractivity contribution in [2.45, 2.75) is 20.3 Å². The summed E-state index contributed by atoms with van der Waals surface area (Å²) in [6.45, 7) is 7.87. The van der Waals surface area contributed by atoms with Crippen LogP contribution in [-0.2, 0) is 6.42 Å². The van der Waals surface area contributed by atoms with Gasteiger partial charge in [0.25, 0.3) is 0 Å². The van der Waals surface area contributed by atoms with Crippen molar-refractivity contribution in [1.29, 1.82) is 0 Å². The van der Waals surface area contributed by atoms with Gasteiger partial charge in [0.1, 0.15) is 11.6 Å². The molecule has 1 N–H and O–H groups in total. The maximum Gasteiger partial charge on any atom is 0.229 e. The van der Waals surface area contributed by atoms with Crippen LogP contribution >= 0.6 is 0 Å². The van der Waals surface area contributed by atoms with Crippen molar-refractivity contribution in [3.63, 3.8) is 0 Å².